The van der Waals surface area contributed by atoms with Crippen LogP contribution >= 0.6 is 0 Å². The van der Waals surface area contributed by atoms with Crippen molar-refractivity contribution in [2.24, 2.45) is 27.9 Å². The summed E-state index contributed by atoms with van der Waals surface area (Å²) >= 11 is 0. The van der Waals surface area contributed by atoms with Gasteiger partial charge in [0.15, 0.2) is 0 Å². The number of carbonyl (C=O) groups is 1. The van der Waals surface area contributed by atoms with Gasteiger partial charge >= 0.3 is 0 Å². The fourth-order valence-electron chi connectivity index (χ4n) is 7.95. The van der Waals surface area contributed by atoms with Crippen LogP contribution in [0.15, 0.2) is 30.3 Å². The van der Waals surface area contributed by atoms with E-state index in [1.165, 1.54) is 24.8 Å². The Morgan fingerprint density at radius 2 is 2.00 bits per heavy atom. The van der Waals surface area contributed by atoms with Gasteiger partial charge in [0.05, 0.1) is 12.0 Å². The Hall–Kier alpha value is -1.35. The molecule has 122 valence electrons. The number of fused-ring (bicyclic) bond motifs is 1. The lowest BCUT2D eigenvalue weighted by Crippen LogP contribution is -2.84. The number of ether oxygens (including phenoxy) is 1. The maximum Gasteiger partial charge on any atom is 0.224 e. The molecule has 0 heterocycles. The zero-order chi connectivity index (χ0) is 15.9. The van der Waals surface area contributed by atoms with Gasteiger partial charge in [-0.2, -0.15) is 0 Å². The maximum atomic E-state index is 12.5. The SMILES string of the molecule is CCOC[C@@]12CC3CC4(C(N)=O)C[C@](c5ccccc5)(C1)C42C3. The molecule has 4 saturated carbocycles. The third-order valence-corrected chi connectivity index (χ3v) is 8.07. The number of hydrogen-bond donors (Lipinski definition) is 1. The van der Waals surface area contributed by atoms with Crippen molar-refractivity contribution in [3.63, 3.8) is 0 Å². The number of benzene rings is 1. The second kappa shape index (κ2) is 4.00. The largest absolute Gasteiger partial charge is 0.381 e. The van der Waals surface area contributed by atoms with Gasteiger partial charge in [0, 0.05) is 22.9 Å². The summed E-state index contributed by atoms with van der Waals surface area (Å²) in [6.45, 7) is 3.63. The van der Waals surface area contributed by atoms with Crippen LogP contribution in [-0.2, 0) is 14.9 Å². The van der Waals surface area contributed by atoms with Gasteiger partial charge in [0.1, 0.15) is 0 Å². The molecule has 2 bridgehead atoms. The summed E-state index contributed by atoms with van der Waals surface area (Å²) in [7, 11) is 0. The molecule has 3 heteroatoms. The molecule has 0 aromatic heterocycles. The topological polar surface area (TPSA) is 52.3 Å². The molecular formula is C20H25NO2. The Morgan fingerprint density at radius 3 is 2.70 bits per heavy atom. The Balaban J connectivity index is 1.65. The van der Waals surface area contributed by atoms with Crippen LogP contribution in [0, 0.1) is 22.2 Å². The minimum Gasteiger partial charge on any atom is -0.381 e. The standard InChI is InChI=1S/C20H25NO2/c1-2-23-13-17-8-14-9-18(16(21)22)12-19(11-17,20(17,18)10-14)15-6-4-3-5-7-15/h3-7,14H,2,8-13H2,1H3,(H2,21,22)/t14?,17-,18?,19+,20?/m1/s1. The molecular weight excluding hydrogens is 286 g/mol. The molecule has 4 aliphatic rings. The van der Waals surface area contributed by atoms with Crippen molar-refractivity contribution in [1.82, 2.24) is 0 Å². The van der Waals surface area contributed by atoms with Crippen LogP contribution in [0.4, 0.5) is 0 Å². The van der Waals surface area contributed by atoms with Gasteiger partial charge in [-0.3, -0.25) is 4.79 Å². The molecule has 0 aliphatic heterocycles. The first-order chi connectivity index (χ1) is 11.1. The highest BCUT2D eigenvalue weighted by Crippen LogP contribution is 2.95. The van der Waals surface area contributed by atoms with E-state index in [-0.39, 0.29) is 27.6 Å². The van der Waals surface area contributed by atoms with Gasteiger partial charge in [0.2, 0.25) is 5.91 Å². The van der Waals surface area contributed by atoms with E-state index in [1.807, 2.05) is 0 Å². The lowest BCUT2D eigenvalue weighted by molar-refractivity contribution is -0.319. The Kier molecular flexibility index (Phi) is 2.44. The minimum atomic E-state index is -0.263. The van der Waals surface area contributed by atoms with Crippen molar-refractivity contribution in [2.45, 2.75) is 44.4 Å². The molecule has 1 aromatic rings. The molecule has 1 spiro atoms. The van der Waals surface area contributed by atoms with E-state index in [9.17, 15) is 4.79 Å². The van der Waals surface area contributed by atoms with E-state index < -0.39 is 0 Å². The molecule has 3 unspecified atom stereocenters. The molecule has 4 aliphatic carbocycles. The third kappa shape index (κ3) is 1.19. The van der Waals surface area contributed by atoms with Gasteiger partial charge < -0.3 is 10.5 Å². The van der Waals surface area contributed by atoms with Crippen LogP contribution in [0.3, 0.4) is 0 Å². The molecule has 1 aromatic carbocycles. The monoisotopic (exact) mass is 311 g/mol. The smallest absolute Gasteiger partial charge is 0.224 e. The quantitative estimate of drug-likeness (QED) is 0.908. The van der Waals surface area contributed by atoms with E-state index >= 15 is 0 Å². The third-order valence-electron chi connectivity index (χ3n) is 8.07. The van der Waals surface area contributed by atoms with Crippen molar-refractivity contribution >= 4 is 5.91 Å². The predicted molar refractivity (Wildman–Crippen MR) is 87.7 cm³/mol. The maximum absolute atomic E-state index is 12.5. The van der Waals surface area contributed by atoms with Gasteiger partial charge in [-0.15, -0.1) is 0 Å². The van der Waals surface area contributed by atoms with Crippen LogP contribution < -0.4 is 5.73 Å². The molecule has 23 heavy (non-hydrogen) atoms. The number of primary amides is 1. The highest BCUT2D eigenvalue weighted by Gasteiger charge is 2.93. The summed E-state index contributed by atoms with van der Waals surface area (Å²) < 4.78 is 5.91. The molecule has 5 atom stereocenters. The summed E-state index contributed by atoms with van der Waals surface area (Å²) in [5.41, 5.74) is 7.57. The average Bonchev–Trinajstić information content (AvgIpc) is 3.00. The molecule has 0 radical (unpaired) electrons. The predicted octanol–water partition coefficient (Wildman–Crippen LogP) is 3.03. The fraction of sp³-hybridized carbons (Fsp3) is 0.650. The summed E-state index contributed by atoms with van der Waals surface area (Å²) in [6.07, 6.45) is 5.57. The first kappa shape index (κ1) is 14.0. The normalized spacial score (nSPS) is 48.5. The summed E-state index contributed by atoms with van der Waals surface area (Å²) in [5.74, 6) is 0.614. The van der Waals surface area contributed by atoms with Crippen LogP contribution in [0.5, 0.6) is 0 Å². The zero-order valence-electron chi connectivity index (χ0n) is 13.8. The number of carbonyl (C=O) groups excluding carboxylic acids is 1. The van der Waals surface area contributed by atoms with E-state index in [4.69, 9.17) is 10.5 Å². The molecule has 3 nitrogen and oxygen atoms in total. The Labute approximate surface area is 137 Å². The molecule has 1 amide bonds. The summed E-state index contributed by atoms with van der Waals surface area (Å²) in [5, 5.41) is 0. The van der Waals surface area contributed by atoms with Crippen molar-refractivity contribution in [2.75, 3.05) is 13.2 Å². The van der Waals surface area contributed by atoms with Crippen LogP contribution in [0.2, 0.25) is 0 Å². The van der Waals surface area contributed by atoms with Crippen molar-refractivity contribution in [1.29, 1.82) is 0 Å². The molecule has 0 saturated heterocycles. The first-order valence-electron chi connectivity index (χ1n) is 8.99. The van der Waals surface area contributed by atoms with Crippen molar-refractivity contribution in [3.05, 3.63) is 35.9 Å². The van der Waals surface area contributed by atoms with E-state index in [0.29, 0.717) is 5.92 Å². The number of amides is 1. The number of rotatable bonds is 5. The molecule has 2 N–H and O–H groups in total. The lowest BCUT2D eigenvalue weighted by atomic mass is 9.19. The Bertz CT molecular complexity index is 688. The highest BCUT2D eigenvalue weighted by molar-refractivity contribution is 5.87. The van der Waals surface area contributed by atoms with Gasteiger partial charge in [-0.25, -0.2) is 0 Å². The van der Waals surface area contributed by atoms with Crippen LogP contribution in [0.25, 0.3) is 0 Å². The zero-order valence-corrected chi connectivity index (χ0v) is 13.8. The second-order valence-electron chi connectivity index (χ2n) is 8.55. The first-order valence-corrected chi connectivity index (χ1v) is 8.99. The minimum absolute atomic E-state index is 0.0492. The van der Waals surface area contributed by atoms with Crippen molar-refractivity contribution in [3.8, 4) is 0 Å². The number of hydrogen-bond acceptors (Lipinski definition) is 2. The lowest BCUT2D eigenvalue weighted by Gasteiger charge is -2.83. The number of nitrogens with two attached hydrogens (primary N) is 1. The fourth-order valence-corrected chi connectivity index (χ4v) is 7.95. The van der Waals surface area contributed by atoms with Crippen molar-refractivity contribution < 1.29 is 9.53 Å². The van der Waals surface area contributed by atoms with E-state index in [2.05, 4.69) is 37.3 Å². The average molecular weight is 311 g/mol. The van der Waals surface area contributed by atoms with Gasteiger partial charge in [-0.05, 0) is 50.5 Å². The second-order valence-corrected chi connectivity index (χ2v) is 8.55. The highest BCUT2D eigenvalue weighted by atomic mass is 16.5. The van der Waals surface area contributed by atoms with Gasteiger partial charge in [0.25, 0.3) is 0 Å². The van der Waals surface area contributed by atoms with Crippen LogP contribution in [-0.4, -0.2) is 19.1 Å². The van der Waals surface area contributed by atoms with Crippen LogP contribution in [0.1, 0.15) is 44.6 Å². The summed E-state index contributed by atoms with van der Waals surface area (Å²) in [6, 6.07) is 10.9. The Morgan fingerprint density at radius 1 is 1.22 bits per heavy atom. The van der Waals surface area contributed by atoms with E-state index in [0.717, 1.165) is 26.1 Å². The van der Waals surface area contributed by atoms with E-state index in [1.54, 1.807) is 0 Å². The van der Waals surface area contributed by atoms with Gasteiger partial charge in [-0.1, -0.05) is 30.3 Å². The molecule has 5 rings (SSSR count). The summed E-state index contributed by atoms with van der Waals surface area (Å²) in [4.78, 5) is 12.5. The molecule has 4 fully saturated rings.